The quantitative estimate of drug-likeness (QED) is 0.735. The fourth-order valence-electron chi connectivity index (χ4n) is 2.64. The molecule has 1 aromatic rings. The van der Waals surface area contributed by atoms with Gasteiger partial charge < -0.3 is 14.2 Å². The third-order valence-electron chi connectivity index (χ3n) is 3.46. The number of ether oxygens (including phenoxy) is 3. The lowest BCUT2D eigenvalue weighted by atomic mass is 9.87. The number of hydrogen-bond donors (Lipinski definition) is 0. The highest BCUT2D eigenvalue weighted by Gasteiger charge is 2.33. The number of fused-ring (bicyclic) bond motifs is 2. The van der Waals surface area contributed by atoms with Crippen LogP contribution in [0.3, 0.4) is 0 Å². The van der Waals surface area contributed by atoms with Crippen LogP contribution in [0.15, 0.2) is 0 Å². The van der Waals surface area contributed by atoms with Gasteiger partial charge in [-0.1, -0.05) is 11.6 Å². The van der Waals surface area contributed by atoms with E-state index in [0.717, 1.165) is 36.8 Å². The molecule has 3 rings (SSSR count). The summed E-state index contributed by atoms with van der Waals surface area (Å²) in [7, 11) is 1.37. The number of benzene rings is 1. The summed E-state index contributed by atoms with van der Waals surface area (Å²) in [5.74, 6) is 0.539. The van der Waals surface area contributed by atoms with Crippen molar-refractivity contribution in [2.75, 3.05) is 13.9 Å². The molecule has 0 saturated carbocycles. The molecular weight excluding hydrogens is 256 g/mol. The van der Waals surface area contributed by atoms with Crippen molar-refractivity contribution in [1.29, 1.82) is 0 Å². The van der Waals surface area contributed by atoms with Crippen molar-refractivity contribution in [3.8, 4) is 11.5 Å². The van der Waals surface area contributed by atoms with E-state index in [1.807, 2.05) is 0 Å². The standard InChI is InChI=1S/C13H13ClO4/c1-16-13(15)9-7-4-2-3-5-8(7)10(14)12-11(9)17-6-18-12/h2-6H2,1H3. The maximum Gasteiger partial charge on any atom is 0.342 e. The van der Waals surface area contributed by atoms with Crippen LogP contribution in [-0.2, 0) is 17.6 Å². The zero-order valence-electron chi connectivity index (χ0n) is 10.0. The second-order valence-corrected chi connectivity index (χ2v) is 4.79. The molecule has 1 aliphatic heterocycles. The van der Waals surface area contributed by atoms with Crippen LogP contribution in [0, 0.1) is 0 Å². The summed E-state index contributed by atoms with van der Waals surface area (Å²) in [6, 6.07) is 0. The molecule has 4 nitrogen and oxygen atoms in total. The van der Waals surface area contributed by atoms with E-state index < -0.39 is 0 Å². The zero-order chi connectivity index (χ0) is 12.7. The Hall–Kier alpha value is -1.42. The Morgan fingerprint density at radius 2 is 1.83 bits per heavy atom. The molecule has 0 aromatic heterocycles. The summed E-state index contributed by atoms with van der Waals surface area (Å²) in [6.07, 6.45) is 3.82. The molecule has 1 aromatic carbocycles. The predicted molar refractivity (Wildman–Crippen MR) is 65.6 cm³/mol. The first-order chi connectivity index (χ1) is 8.74. The Labute approximate surface area is 110 Å². The van der Waals surface area contributed by atoms with Gasteiger partial charge in [0.15, 0.2) is 11.5 Å². The normalized spacial score (nSPS) is 16.3. The molecule has 0 radical (unpaired) electrons. The number of rotatable bonds is 1. The first kappa shape index (κ1) is 11.7. The van der Waals surface area contributed by atoms with E-state index in [4.69, 9.17) is 25.8 Å². The summed E-state index contributed by atoms with van der Waals surface area (Å²) in [6.45, 7) is 0.0991. The van der Waals surface area contributed by atoms with E-state index in [1.165, 1.54) is 7.11 Å². The van der Waals surface area contributed by atoms with Crippen LogP contribution in [0.1, 0.15) is 34.3 Å². The Balaban J connectivity index is 2.28. The lowest BCUT2D eigenvalue weighted by Crippen LogP contribution is -2.13. The molecule has 0 N–H and O–H groups in total. The van der Waals surface area contributed by atoms with E-state index in [0.29, 0.717) is 22.1 Å². The number of hydrogen-bond acceptors (Lipinski definition) is 4. The van der Waals surface area contributed by atoms with Gasteiger partial charge in [-0.15, -0.1) is 0 Å². The maximum absolute atomic E-state index is 12.0. The molecule has 0 amide bonds. The zero-order valence-corrected chi connectivity index (χ0v) is 10.8. The third kappa shape index (κ3) is 1.56. The monoisotopic (exact) mass is 268 g/mol. The molecule has 0 spiro atoms. The lowest BCUT2D eigenvalue weighted by Gasteiger charge is -2.21. The van der Waals surface area contributed by atoms with Crippen LogP contribution in [-0.4, -0.2) is 19.9 Å². The Morgan fingerprint density at radius 3 is 2.56 bits per heavy atom. The number of halogens is 1. The molecule has 0 unspecified atom stereocenters. The molecule has 2 aliphatic rings. The Bertz CT molecular complexity index is 524. The highest BCUT2D eigenvalue weighted by atomic mass is 35.5. The van der Waals surface area contributed by atoms with Crippen LogP contribution in [0.2, 0.25) is 5.02 Å². The summed E-state index contributed by atoms with van der Waals surface area (Å²) < 4.78 is 15.6. The second-order valence-electron chi connectivity index (χ2n) is 4.41. The SMILES string of the molecule is COC(=O)c1c2c(c(Cl)c3c1OCO3)CCCC2. The minimum Gasteiger partial charge on any atom is -0.465 e. The van der Waals surface area contributed by atoms with Gasteiger partial charge in [-0.3, -0.25) is 0 Å². The Kier molecular flexibility index (Phi) is 2.82. The fraction of sp³-hybridized carbons (Fsp3) is 0.462. The summed E-state index contributed by atoms with van der Waals surface area (Å²) in [5.41, 5.74) is 2.46. The highest BCUT2D eigenvalue weighted by molar-refractivity contribution is 6.33. The molecule has 1 heterocycles. The topological polar surface area (TPSA) is 44.8 Å². The molecule has 0 atom stereocenters. The van der Waals surface area contributed by atoms with Crippen molar-refractivity contribution in [3.05, 3.63) is 21.7 Å². The molecule has 1 aliphatic carbocycles. The largest absolute Gasteiger partial charge is 0.465 e. The van der Waals surface area contributed by atoms with Gasteiger partial charge in [-0.2, -0.15) is 0 Å². The molecule has 96 valence electrons. The molecular formula is C13H13ClO4. The molecule has 5 heteroatoms. The first-order valence-corrected chi connectivity index (χ1v) is 6.33. The van der Waals surface area contributed by atoms with Gasteiger partial charge in [0.2, 0.25) is 6.79 Å². The van der Waals surface area contributed by atoms with Crippen molar-refractivity contribution in [3.63, 3.8) is 0 Å². The number of esters is 1. The van der Waals surface area contributed by atoms with Crippen molar-refractivity contribution >= 4 is 17.6 Å². The van der Waals surface area contributed by atoms with Crippen molar-refractivity contribution < 1.29 is 19.0 Å². The third-order valence-corrected chi connectivity index (χ3v) is 3.86. The van der Waals surface area contributed by atoms with E-state index >= 15 is 0 Å². The average Bonchev–Trinajstić information content (AvgIpc) is 2.88. The molecule has 0 bridgehead atoms. The van der Waals surface area contributed by atoms with E-state index in [1.54, 1.807) is 0 Å². The van der Waals surface area contributed by atoms with Crippen molar-refractivity contribution in [2.45, 2.75) is 25.7 Å². The van der Waals surface area contributed by atoms with Crippen LogP contribution < -0.4 is 9.47 Å². The van der Waals surface area contributed by atoms with E-state index in [9.17, 15) is 4.79 Å². The Morgan fingerprint density at radius 1 is 1.17 bits per heavy atom. The average molecular weight is 269 g/mol. The van der Waals surface area contributed by atoms with Crippen molar-refractivity contribution in [2.24, 2.45) is 0 Å². The van der Waals surface area contributed by atoms with Crippen LogP contribution in [0.5, 0.6) is 11.5 Å². The summed E-state index contributed by atoms with van der Waals surface area (Å²) >= 11 is 6.33. The van der Waals surface area contributed by atoms with Crippen LogP contribution in [0.4, 0.5) is 0 Å². The molecule has 0 saturated heterocycles. The summed E-state index contributed by atoms with van der Waals surface area (Å²) in [4.78, 5) is 12.0. The van der Waals surface area contributed by atoms with Gasteiger partial charge >= 0.3 is 5.97 Å². The second kappa shape index (κ2) is 4.35. The van der Waals surface area contributed by atoms with Crippen LogP contribution >= 0.6 is 11.6 Å². The van der Waals surface area contributed by atoms with Crippen LogP contribution in [0.25, 0.3) is 0 Å². The molecule has 18 heavy (non-hydrogen) atoms. The minimum absolute atomic E-state index is 0.0991. The molecule has 0 fully saturated rings. The van der Waals surface area contributed by atoms with E-state index in [2.05, 4.69) is 0 Å². The summed E-state index contributed by atoms with van der Waals surface area (Å²) in [5, 5.41) is 0.588. The highest BCUT2D eigenvalue weighted by Crippen LogP contribution is 2.48. The van der Waals surface area contributed by atoms with Crippen molar-refractivity contribution in [1.82, 2.24) is 0 Å². The minimum atomic E-state index is -0.383. The van der Waals surface area contributed by atoms with Gasteiger partial charge in [-0.25, -0.2) is 4.79 Å². The van der Waals surface area contributed by atoms with Gasteiger partial charge in [-0.05, 0) is 36.8 Å². The van der Waals surface area contributed by atoms with Gasteiger partial charge in [0.25, 0.3) is 0 Å². The fourth-order valence-corrected chi connectivity index (χ4v) is 2.99. The van der Waals surface area contributed by atoms with E-state index in [-0.39, 0.29) is 12.8 Å². The van der Waals surface area contributed by atoms with Gasteiger partial charge in [0, 0.05) is 0 Å². The van der Waals surface area contributed by atoms with Gasteiger partial charge in [0.05, 0.1) is 12.1 Å². The first-order valence-electron chi connectivity index (χ1n) is 5.95. The number of methoxy groups -OCH3 is 1. The predicted octanol–water partition coefficient (Wildman–Crippen LogP) is 2.73. The maximum atomic E-state index is 12.0. The lowest BCUT2D eigenvalue weighted by molar-refractivity contribution is 0.0594. The number of carbonyl (C=O) groups excluding carboxylic acids is 1. The van der Waals surface area contributed by atoms with Gasteiger partial charge in [0.1, 0.15) is 5.56 Å². The smallest absolute Gasteiger partial charge is 0.342 e. The number of carbonyl (C=O) groups is 1.